The number of benzene rings is 2. The Labute approximate surface area is 132 Å². The second kappa shape index (κ2) is 6.85. The van der Waals surface area contributed by atoms with E-state index in [1.54, 1.807) is 6.07 Å². The first-order valence-electron chi connectivity index (χ1n) is 6.88. The van der Waals surface area contributed by atoms with Crippen LogP contribution in [0.5, 0.6) is 0 Å². The third-order valence-electron chi connectivity index (χ3n) is 3.55. The molecule has 2 aromatic rings. The number of nitrogens with one attached hydrogen (secondary N) is 1. The van der Waals surface area contributed by atoms with Gasteiger partial charge in [0.1, 0.15) is 5.82 Å². The van der Waals surface area contributed by atoms with Gasteiger partial charge in [0.05, 0.1) is 10.0 Å². The number of hydrogen-bond acceptors (Lipinski definition) is 1. The van der Waals surface area contributed by atoms with Crippen molar-refractivity contribution in [2.75, 3.05) is 5.32 Å². The number of carbonyl (C=O) groups excluding carboxylic acids is 1. The van der Waals surface area contributed by atoms with Crippen molar-refractivity contribution in [2.45, 2.75) is 26.2 Å². The van der Waals surface area contributed by atoms with Crippen LogP contribution >= 0.6 is 15.9 Å². The van der Waals surface area contributed by atoms with Crippen molar-refractivity contribution in [2.24, 2.45) is 0 Å². The Morgan fingerprint density at radius 1 is 1.24 bits per heavy atom. The summed E-state index contributed by atoms with van der Waals surface area (Å²) in [5, 5.41) is 2.77. The van der Waals surface area contributed by atoms with E-state index in [1.807, 2.05) is 24.3 Å². The van der Waals surface area contributed by atoms with E-state index in [0.29, 0.717) is 11.6 Å². The van der Waals surface area contributed by atoms with Gasteiger partial charge >= 0.3 is 0 Å². The summed E-state index contributed by atoms with van der Waals surface area (Å²) >= 11 is 3.10. The van der Waals surface area contributed by atoms with Crippen LogP contribution in [-0.2, 0) is 0 Å². The van der Waals surface area contributed by atoms with E-state index in [0.717, 1.165) is 6.42 Å². The van der Waals surface area contributed by atoms with Crippen LogP contribution in [0.3, 0.4) is 0 Å². The monoisotopic (exact) mass is 349 g/mol. The number of anilines is 1. The molecule has 0 bridgehead atoms. The first kappa shape index (κ1) is 15.7. The molecule has 4 heteroatoms. The second-order valence-corrected chi connectivity index (χ2v) is 5.78. The fraction of sp³-hybridized carbons (Fsp3) is 0.235. The molecule has 0 aliphatic rings. The highest BCUT2D eigenvalue weighted by atomic mass is 79.9. The highest BCUT2D eigenvalue weighted by Gasteiger charge is 2.13. The zero-order valence-corrected chi connectivity index (χ0v) is 13.6. The van der Waals surface area contributed by atoms with Gasteiger partial charge in [-0.1, -0.05) is 32.0 Å². The van der Waals surface area contributed by atoms with Crippen molar-refractivity contribution in [1.82, 2.24) is 0 Å². The van der Waals surface area contributed by atoms with Crippen LogP contribution in [0.1, 0.15) is 42.1 Å². The van der Waals surface area contributed by atoms with Crippen molar-refractivity contribution >= 4 is 27.5 Å². The fourth-order valence-corrected chi connectivity index (χ4v) is 2.45. The van der Waals surface area contributed by atoms with Gasteiger partial charge < -0.3 is 5.32 Å². The summed E-state index contributed by atoms with van der Waals surface area (Å²) in [5.74, 6) is -0.292. The maximum Gasteiger partial charge on any atom is 0.256 e. The van der Waals surface area contributed by atoms with Crippen molar-refractivity contribution in [3.05, 3.63) is 63.9 Å². The Morgan fingerprint density at radius 3 is 2.52 bits per heavy atom. The summed E-state index contributed by atoms with van der Waals surface area (Å²) in [6.07, 6.45) is 1.07. The molecule has 1 unspecified atom stereocenters. The van der Waals surface area contributed by atoms with Crippen molar-refractivity contribution in [3.63, 3.8) is 0 Å². The predicted molar refractivity (Wildman–Crippen MR) is 87.2 cm³/mol. The van der Waals surface area contributed by atoms with E-state index in [4.69, 9.17) is 0 Å². The van der Waals surface area contributed by atoms with E-state index in [1.165, 1.54) is 17.7 Å². The zero-order chi connectivity index (χ0) is 15.4. The molecule has 1 N–H and O–H groups in total. The average Bonchev–Trinajstić information content (AvgIpc) is 2.50. The summed E-state index contributed by atoms with van der Waals surface area (Å²) in [6, 6.07) is 12.1. The Morgan fingerprint density at radius 2 is 1.90 bits per heavy atom. The summed E-state index contributed by atoms with van der Waals surface area (Å²) in [7, 11) is 0. The molecule has 0 radical (unpaired) electrons. The molecule has 2 nitrogen and oxygen atoms in total. The topological polar surface area (TPSA) is 29.1 Å². The Hall–Kier alpha value is -1.68. The van der Waals surface area contributed by atoms with E-state index in [2.05, 4.69) is 35.1 Å². The number of amides is 1. The minimum atomic E-state index is -0.449. The molecule has 0 saturated carbocycles. The summed E-state index contributed by atoms with van der Waals surface area (Å²) < 4.78 is 13.6. The maximum atomic E-state index is 13.4. The lowest BCUT2D eigenvalue weighted by molar-refractivity contribution is 0.102. The highest BCUT2D eigenvalue weighted by Crippen LogP contribution is 2.23. The molecule has 0 saturated heterocycles. The van der Waals surface area contributed by atoms with Gasteiger partial charge in [0.2, 0.25) is 0 Å². The third-order valence-corrected chi connectivity index (χ3v) is 4.35. The Balaban J connectivity index is 2.14. The van der Waals surface area contributed by atoms with Gasteiger partial charge in [-0.2, -0.15) is 0 Å². The molecule has 1 amide bonds. The predicted octanol–water partition coefficient (Wildman–Crippen LogP) is 5.35. The summed E-state index contributed by atoms with van der Waals surface area (Å²) in [4.78, 5) is 12.2. The minimum absolute atomic E-state index is 0.179. The molecule has 0 aliphatic carbocycles. The number of rotatable bonds is 4. The molecule has 0 heterocycles. The molecule has 0 aliphatic heterocycles. The lowest BCUT2D eigenvalue weighted by Crippen LogP contribution is -2.13. The number of carbonyl (C=O) groups is 1. The average molecular weight is 350 g/mol. The van der Waals surface area contributed by atoms with E-state index in [-0.39, 0.29) is 15.9 Å². The van der Waals surface area contributed by atoms with Gasteiger partial charge in [0.15, 0.2) is 0 Å². The van der Waals surface area contributed by atoms with Crippen LogP contribution in [0.4, 0.5) is 10.1 Å². The van der Waals surface area contributed by atoms with E-state index in [9.17, 15) is 9.18 Å². The van der Waals surface area contributed by atoms with Crippen molar-refractivity contribution in [3.8, 4) is 0 Å². The number of hydrogen-bond donors (Lipinski definition) is 1. The van der Waals surface area contributed by atoms with Crippen molar-refractivity contribution < 1.29 is 9.18 Å². The SMILES string of the molecule is CCC(C)c1ccc(NC(=O)c2cccc(F)c2Br)cc1. The molecule has 0 spiro atoms. The zero-order valence-electron chi connectivity index (χ0n) is 12.0. The van der Waals surface area contributed by atoms with Gasteiger partial charge in [0, 0.05) is 5.69 Å². The normalized spacial score (nSPS) is 12.0. The molecule has 0 fully saturated rings. The van der Waals surface area contributed by atoms with Crippen LogP contribution in [0.2, 0.25) is 0 Å². The van der Waals surface area contributed by atoms with Crippen LogP contribution in [0, 0.1) is 5.82 Å². The van der Waals surface area contributed by atoms with Gasteiger partial charge in [-0.25, -0.2) is 4.39 Å². The molecular weight excluding hydrogens is 333 g/mol. The minimum Gasteiger partial charge on any atom is -0.322 e. The van der Waals surface area contributed by atoms with Crippen molar-refractivity contribution in [1.29, 1.82) is 0 Å². The Bertz CT molecular complexity index is 640. The van der Waals surface area contributed by atoms with Gasteiger partial charge in [-0.05, 0) is 58.1 Å². The summed E-state index contributed by atoms with van der Waals surface area (Å²) in [5.41, 5.74) is 2.21. The molecule has 21 heavy (non-hydrogen) atoms. The maximum absolute atomic E-state index is 13.4. The van der Waals surface area contributed by atoms with E-state index >= 15 is 0 Å². The summed E-state index contributed by atoms with van der Waals surface area (Å²) in [6.45, 7) is 4.30. The van der Waals surface area contributed by atoms with Gasteiger partial charge in [-0.3, -0.25) is 4.79 Å². The number of halogens is 2. The molecule has 2 rings (SSSR count). The van der Waals surface area contributed by atoms with Gasteiger partial charge in [0.25, 0.3) is 5.91 Å². The molecule has 110 valence electrons. The molecule has 2 aromatic carbocycles. The first-order chi connectivity index (χ1) is 10.0. The third kappa shape index (κ3) is 3.70. The molecule has 1 atom stereocenters. The smallest absolute Gasteiger partial charge is 0.256 e. The lowest BCUT2D eigenvalue weighted by atomic mass is 9.98. The Kier molecular flexibility index (Phi) is 5.12. The van der Waals surface area contributed by atoms with Gasteiger partial charge in [-0.15, -0.1) is 0 Å². The largest absolute Gasteiger partial charge is 0.322 e. The highest BCUT2D eigenvalue weighted by molar-refractivity contribution is 9.10. The second-order valence-electron chi connectivity index (χ2n) is 4.99. The molecule has 0 aromatic heterocycles. The quantitative estimate of drug-likeness (QED) is 0.791. The van der Waals surface area contributed by atoms with Crippen LogP contribution in [0.25, 0.3) is 0 Å². The standard InChI is InChI=1S/C17H17BrFNO/c1-3-11(2)12-7-9-13(10-8-12)20-17(21)14-5-4-6-15(19)16(14)18/h4-11H,3H2,1-2H3,(H,20,21). The van der Waals surface area contributed by atoms with E-state index < -0.39 is 5.82 Å². The molecular formula is C17H17BrFNO. The lowest BCUT2D eigenvalue weighted by Gasteiger charge is -2.11. The fourth-order valence-electron chi connectivity index (χ4n) is 2.01. The van der Waals surface area contributed by atoms with Crippen LogP contribution in [-0.4, -0.2) is 5.91 Å². The van der Waals surface area contributed by atoms with Crippen LogP contribution < -0.4 is 5.32 Å². The first-order valence-corrected chi connectivity index (χ1v) is 7.67. The van der Waals surface area contributed by atoms with Crippen LogP contribution in [0.15, 0.2) is 46.9 Å².